The van der Waals surface area contributed by atoms with E-state index in [1.807, 2.05) is 0 Å². The first-order valence-corrected chi connectivity index (χ1v) is 10.4. The summed E-state index contributed by atoms with van der Waals surface area (Å²) in [6.07, 6.45) is 4.44. The number of ether oxygens (including phenoxy) is 1. The fraction of sp³-hybridized carbons (Fsp3) is 0.0952. The Hall–Kier alpha value is -3.72. The molecule has 0 atom stereocenters. The molecule has 4 rings (SSSR count). The van der Waals surface area contributed by atoms with Gasteiger partial charge in [0.05, 0.1) is 35.0 Å². The number of sulfone groups is 1. The number of methoxy groups -OCH3 is 1. The smallest absolute Gasteiger partial charge is 0.274 e. The Morgan fingerprint density at radius 2 is 1.77 bits per heavy atom. The van der Waals surface area contributed by atoms with Gasteiger partial charge in [-0.2, -0.15) is 5.10 Å². The van der Waals surface area contributed by atoms with Crippen LogP contribution in [0.3, 0.4) is 0 Å². The molecule has 0 amide bonds. The third kappa shape index (κ3) is 3.50. The van der Waals surface area contributed by atoms with E-state index in [0.717, 1.165) is 0 Å². The molecule has 152 valence electrons. The first-order valence-electron chi connectivity index (χ1n) is 8.95. The number of H-pyrrole nitrogens is 1. The Labute approximate surface area is 171 Å². The fourth-order valence-corrected chi connectivity index (χ4v) is 4.37. The number of fused-ring (bicyclic) bond motifs is 1. The number of nitrogens with zero attached hydrogens (tertiary/aromatic N) is 2. The minimum absolute atomic E-state index is 0.0108. The Bertz CT molecular complexity index is 1450. The normalized spacial score (nSPS) is 11.5. The summed E-state index contributed by atoms with van der Waals surface area (Å²) in [5.74, 6) is 0.550. The number of rotatable bonds is 5. The average molecular weight is 423 g/mol. The maximum atomic E-state index is 12.9. The molecule has 2 heterocycles. The molecule has 0 aliphatic heterocycles. The molecular weight excluding hydrogens is 406 g/mol. The summed E-state index contributed by atoms with van der Waals surface area (Å²) in [6.45, 7) is 0.0108. The molecule has 0 bridgehead atoms. The first-order chi connectivity index (χ1) is 14.4. The van der Waals surface area contributed by atoms with Crippen LogP contribution in [0, 0.1) is 0 Å². The minimum atomic E-state index is -3.77. The molecule has 0 aliphatic rings. The van der Waals surface area contributed by atoms with Crippen LogP contribution >= 0.6 is 0 Å². The number of nitrogens with one attached hydrogen (secondary N) is 1. The van der Waals surface area contributed by atoms with Crippen LogP contribution in [0.1, 0.15) is 5.56 Å². The van der Waals surface area contributed by atoms with Crippen molar-refractivity contribution in [3.8, 4) is 5.75 Å². The van der Waals surface area contributed by atoms with Crippen molar-refractivity contribution < 1.29 is 13.2 Å². The molecular formula is C21H17N3O5S. The van der Waals surface area contributed by atoms with Crippen molar-refractivity contribution in [3.05, 3.63) is 93.3 Å². The van der Waals surface area contributed by atoms with Gasteiger partial charge in [-0.05, 0) is 42.5 Å². The van der Waals surface area contributed by atoms with Crippen LogP contribution in [0.2, 0.25) is 0 Å². The molecule has 9 heteroatoms. The molecule has 0 aliphatic carbocycles. The topological polar surface area (TPSA) is 111 Å². The Morgan fingerprint density at radius 3 is 2.47 bits per heavy atom. The van der Waals surface area contributed by atoms with Gasteiger partial charge < -0.3 is 9.72 Å². The predicted octanol–water partition coefficient (Wildman–Crippen LogP) is 1.97. The lowest BCUT2D eigenvalue weighted by Gasteiger charge is -2.09. The van der Waals surface area contributed by atoms with Gasteiger partial charge in [0, 0.05) is 29.4 Å². The van der Waals surface area contributed by atoms with Gasteiger partial charge in [0.1, 0.15) is 5.75 Å². The molecule has 1 N–H and O–H groups in total. The lowest BCUT2D eigenvalue weighted by atomic mass is 10.2. The standard InChI is InChI=1S/C21H17N3O5S/c1-29-16-2-4-17(5-3-16)30(27,28)18-6-7-19-14(10-18)12-23-24(21(19)26)13-15-11-22-9-8-20(15)25/h2-12H,13H2,1H3,(H,22,25). The average Bonchev–Trinajstić information content (AvgIpc) is 2.77. The van der Waals surface area contributed by atoms with E-state index in [9.17, 15) is 18.0 Å². The second-order valence-electron chi connectivity index (χ2n) is 6.57. The van der Waals surface area contributed by atoms with Crippen molar-refractivity contribution in [2.45, 2.75) is 16.3 Å². The Morgan fingerprint density at radius 1 is 1.03 bits per heavy atom. The third-order valence-corrected chi connectivity index (χ3v) is 6.50. The van der Waals surface area contributed by atoms with Crippen molar-refractivity contribution in [2.24, 2.45) is 0 Å². The predicted molar refractivity (Wildman–Crippen MR) is 111 cm³/mol. The van der Waals surface area contributed by atoms with Gasteiger partial charge in [-0.1, -0.05) is 0 Å². The van der Waals surface area contributed by atoms with Crippen molar-refractivity contribution >= 4 is 20.6 Å². The molecule has 0 saturated carbocycles. The van der Waals surface area contributed by atoms with Crippen molar-refractivity contribution in [3.63, 3.8) is 0 Å². The molecule has 0 unspecified atom stereocenters. The molecule has 30 heavy (non-hydrogen) atoms. The summed E-state index contributed by atoms with van der Waals surface area (Å²) in [7, 11) is -2.27. The van der Waals surface area contributed by atoms with Gasteiger partial charge in [0.15, 0.2) is 5.43 Å². The lowest BCUT2D eigenvalue weighted by molar-refractivity contribution is 0.414. The van der Waals surface area contributed by atoms with Gasteiger partial charge in [-0.3, -0.25) is 9.59 Å². The number of hydrogen-bond donors (Lipinski definition) is 1. The summed E-state index contributed by atoms with van der Waals surface area (Å²) < 4.78 is 32.1. The van der Waals surface area contributed by atoms with E-state index in [1.165, 1.54) is 66.8 Å². The molecule has 0 saturated heterocycles. The van der Waals surface area contributed by atoms with Crippen molar-refractivity contribution in [1.29, 1.82) is 0 Å². The zero-order chi connectivity index (χ0) is 21.3. The van der Waals surface area contributed by atoms with E-state index in [1.54, 1.807) is 12.1 Å². The van der Waals surface area contributed by atoms with Crippen LogP contribution in [0.5, 0.6) is 5.75 Å². The summed E-state index contributed by atoms with van der Waals surface area (Å²) in [5.41, 5.74) is -0.224. The van der Waals surface area contributed by atoms with E-state index in [2.05, 4.69) is 10.1 Å². The highest BCUT2D eigenvalue weighted by molar-refractivity contribution is 7.91. The van der Waals surface area contributed by atoms with Crippen LogP contribution in [0.15, 0.2) is 86.5 Å². The van der Waals surface area contributed by atoms with Crippen molar-refractivity contribution in [2.75, 3.05) is 7.11 Å². The highest BCUT2D eigenvalue weighted by Gasteiger charge is 2.19. The van der Waals surface area contributed by atoms with Crippen LogP contribution < -0.4 is 15.7 Å². The van der Waals surface area contributed by atoms with E-state index >= 15 is 0 Å². The monoisotopic (exact) mass is 423 g/mol. The molecule has 8 nitrogen and oxygen atoms in total. The van der Waals surface area contributed by atoms with Gasteiger partial charge in [-0.15, -0.1) is 0 Å². The summed E-state index contributed by atoms with van der Waals surface area (Å²) in [6, 6.07) is 11.7. The number of hydrogen-bond acceptors (Lipinski definition) is 6. The van der Waals surface area contributed by atoms with E-state index in [-0.39, 0.29) is 21.8 Å². The zero-order valence-corrected chi connectivity index (χ0v) is 16.7. The second-order valence-corrected chi connectivity index (χ2v) is 8.52. The highest BCUT2D eigenvalue weighted by Crippen LogP contribution is 2.25. The summed E-state index contributed by atoms with van der Waals surface area (Å²) in [4.78, 5) is 27.6. The quantitative estimate of drug-likeness (QED) is 0.525. The lowest BCUT2D eigenvalue weighted by Crippen LogP contribution is -2.25. The van der Waals surface area contributed by atoms with Gasteiger partial charge in [-0.25, -0.2) is 13.1 Å². The van der Waals surface area contributed by atoms with Crippen LogP contribution in [-0.4, -0.2) is 30.3 Å². The largest absolute Gasteiger partial charge is 0.497 e. The van der Waals surface area contributed by atoms with E-state index < -0.39 is 15.4 Å². The Balaban J connectivity index is 1.74. The highest BCUT2D eigenvalue weighted by atomic mass is 32.2. The molecule has 0 fully saturated rings. The van der Waals surface area contributed by atoms with Gasteiger partial charge >= 0.3 is 0 Å². The van der Waals surface area contributed by atoms with Crippen LogP contribution in [-0.2, 0) is 16.4 Å². The van der Waals surface area contributed by atoms with Crippen molar-refractivity contribution in [1.82, 2.24) is 14.8 Å². The number of benzene rings is 2. The number of pyridine rings is 1. The van der Waals surface area contributed by atoms with Crippen LogP contribution in [0.25, 0.3) is 10.8 Å². The molecule has 2 aromatic heterocycles. The van der Waals surface area contributed by atoms with Gasteiger partial charge in [0.25, 0.3) is 5.56 Å². The summed E-state index contributed by atoms with van der Waals surface area (Å²) in [5, 5.41) is 4.81. The molecule has 4 aromatic rings. The minimum Gasteiger partial charge on any atom is -0.497 e. The van der Waals surface area contributed by atoms with Crippen LogP contribution in [0.4, 0.5) is 0 Å². The SMILES string of the molecule is COc1ccc(S(=O)(=O)c2ccc3c(=O)n(Cc4c[nH]ccc4=O)ncc3c2)cc1. The first kappa shape index (κ1) is 19.6. The molecule has 2 aromatic carbocycles. The third-order valence-electron chi connectivity index (χ3n) is 4.73. The fourth-order valence-electron chi connectivity index (χ4n) is 3.07. The maximum absolute atomic E-state index is 12.9. The maximum Gasteiger partial charge on any atom is 0.274 e. The Kier molecular flexibility index (Phi) is 4.96. The molecule has 0 spiro atoms. The van der Waals surface area contributed by atoms with E-state index in [4.69, 9.17) is 4.74 Å². The van der Waals surface area contributed by atoms with Gasteiger partial charge in [0.2, 0.25) is 9.84 Å². The molecule has 0 radical (unpaired) electrons. The zero-order valence-electron chi connectivity index (χ0n) is 15.9. The summed E-state index contributed by atoms with van der Waals surface area (Å²) >= 11 is 0. The second kappa shape index (κ2) is 7.60. The number of aromatic nitrogens is 3. The number of aromatic amines is 1. The van der Waals surface area contributed by atoms with E-state index in [0.29, 0.717) is 22.1 Å².